The lowest BCUT2D eigenvalue weighted by molar-refractivity contribution is -0.118. The summed E-state index contributed by atoms with van der Waals surface area (Å²) in [5, 5.41) is 0. The summed E-state index contributed by atoms with van der Waals surface area (Å²) in [5.74, 6) is -0.0726. The van der Waals surface area contributed by atoms with E-state index in [-0.39, 0.29) is 5.78 Å². The molecule has 0 spiro atoms. The van der Waals surface area contributed by atoms with Gasteiger partial charge in [-0.05, 0) is 18.1 Å². The van der Waals surface area contributed by atoms with Gasteiger partial charge in [-0.15, -0.1) is 11.6 Å². The fourth-order valence-electron chi connectivity index (χ4n) is 1.91. The molecule has 0 aliphatic carbocycles. The summed E-state index contributed by atoms with van der Waals surface area (Å²) in [6, 6.07) is 18.9. The maximum Gasteiger partial charge on any atom is 0.159 e. The molecule has 0 amide bonds. The predicted molar refractivity (Wildman–Crippen MR) is 81.5 cm³/mol. The summed E-state index contributed by atoms with van der Waals surface area (Å²) in [7, 11) is 0. The van der Waals surface area contributed by atoms with Gasteiger partial charge in [-0.3, -0.25) is 4.79 Å². The van der Waals surface area contributed by atoms with Crippen LogP contribution in [-0.2, 0) is 9.67 Å². The summed E-state index contributed by atoms with van der Waals surface area (Å²) >= 11 is 6.58. The molecule has 0 aliphatic heterocycles. The third-order valence-electron chi connectivity index (χ3n) is 2.83. The maximum atomic E-state index is 11.9. The molecule has 0 saturated heterocycles. The number of Topliss-reactive ketones (excluding diaryl/α,β-unsaturated/α-hetero) is 1. The number of ketones is 1. The Morgan fingerprint density at radius 3 is 1.42 bits per heavy atom. The number of rotatable bonds is 3. The van der Waals surface area contributed by atoms with Crippen LogP contribution in [0.5, 0.6) is 0 Å². The van der Waals surface area contributed by atoms with Crippen LogP contribution in [0.25, 0.3) is 0 Å². The molecule has 0 N–H and O–H groups in total. The first-order valence-electron chi connectivity index (χ1n) is 6.46. The van der Waals surface area contributed by atoms with Gasteiger partial charge in [0.1, 0.15) is 0 Å². The van der Waals surface area contributed by atoms with Crippen molar-refractivity contribution in [3.05, 3.63) is 71.8 Å². The second kappa shape index (κ2) is 7.10. The van der Waals surface area contributed by atoms with Gasteiger partial charge in [-0.1, -0.05) is 74.5 Å². The lowest BCUT2D eigenvalue weighted by atomic mass is 9.87. The number of carbonyl (C=O) groups excluding carboxylic acids is 1. The monoisotopic (exact) mass is 274 g/mol. The molecule has 0 unspecified atom stereocenters. The number of carbonyl (C=O) groups is 1. The normalized spacial score (nSPS) is 10.3. The molecule has 0 aromatic heterocycles. The molecule has 100 valence electrons. The van der Waals surface area contributed by atoms with Crippen LogP contribution in [0, 0.1) is 0 Å². The van der Waals surface area contributed by atoms with E-state index in [0.717, 1.165) is 11.1 Å². The Hall–Kier alpha value is -1.60. The maximum absolute atomic E-state index is 11.9. The number of alkyl halides is 1. The van der Waals surface area contributed by atoms with Crippen LogP contribution in [0.15, 0.2) is 60.7 Å². The number of benzene rings is 2. The first-order chi connectivity index (χ1) is 9.15. The van der Waals surface area contributed by atoms with E-state index < -0.39 is 4.87 Å². The Labute approximate surface area is 120 Å². The Balaban J connectivity index is 0.000000861. The Bertz CT molecular complexity index is 466. The van der Waals surface area contributed by atoms with Crippen molar-refractivity contribution in [3.8, 4) is 0 Å². The van der Waals surface area contributed by atoms with E-state index in [1.165, 1.54) is 6.92 Å². The number of hydrogen-bond acceptors (Lipinski definition) is 1. The highest BCUT2D eigenvalue weighted by atomic mass is 35.5. The van der Waals surface area contributed by atoms with Crippen LogP contribution < -0.4 is 0 Å². The van der Waals surface area contributed by atoms with Gasteiger partial charge in [0.15, 0.2) is 10.7 Å². The minimum Gasteiger partial charge on any atom is -0.297 e. The van der Waals surface area contributed by atoms with E-state index in [9.17, 15) is 4.79 Å². The molecular formula is C17H19ClO. The van der Waals surface area contributed by atoms with E-state index in [1.54, 1.807) is 0 Å². The van der Waals surface area contributed by atoms with Crippen molar-refractivity contribution < 1.29 is 4.79 Å². The molecule has 0 saturated carbocycles. The van der Waals surface area contributed by atoms with Crippen LogP contribution in [0.1, 0.15) is 31.9 Å². The minimum atomic E-state index is -1.08. The van der Waals surface area contributed by atoms with Gasteiger partial charge in [-0.25, -0.2) is 0 Å². The van der Waals surface area contributed by atoms with Gasteiger partial charge in [0, 0.05) is 0 Å². The number of halogens is 1. The van der Waals surface area contributed by atoms with Crippen molar-refractivity contribution in [1.82, 2.24) is 0 Å². The average molecular weight is 275 g/mol. The molecular weight excluding hydrogens is 256 g/mol. The molecule has 0 atom stereocenters. The summed E-state index contributed by atoms with van der Waals surface area (Å²) in [4.78, 5) is 10.9. The van der Waals surface area contributed by atoms with Crippen LogP contribution in [0.2, 0.25) is 0 Å². The van der Waals surface area contributed by atoms with Gasteiger partial charge in [0.25, 0.3) is 0 Å². The molecule has 1 nitrogen and oxygen atoms in total. The van der Waals surface area contributed by atoms with Gasteiger partial charge in [0.2, 0.25) is 0 Å². The fourth-order valence-corrected chi connectivity index (χ4v) is 2.16. The zero-order valence-corrected chi connectivity index (χ0v) is 12.3. The van der Waals surface area contributed by atoms with E-state index >= 15 is 0 Å². The van der Waals surface area contributed by atoms with E-state index in [4.69, 9.17) is 11.6 Å². The molecule has 2 rings (SSSR count). The molecule has 0 bridgehead atoms. The van der Waals surface area contributed by atoms with Gasteiger partial charge in [0.05, 0.1) is 0 Å². The second-order valence-electron chi connectivity index (χ2n) is 3.95. The van der Waals surface area contributed by atoms with E-state index in [0.29, 0.717) is 0 Å². The first-order valence-corrected chi connectivity index (χ1v) is 6.84. The number of hydrogen-bond donors (Lipinski definition) is 0. The minimum absolute atomic E-state index is 0.0726. The Kier molecular flexibility index (Phi) is 5.78. The highest BCUT2D eigenvalue weighted by Gasteiger charge is 2.36. The Morgan fingerprint density at radius 1 is 0.842 bits per heavy atom. The standard InChI is InChI=1S/C15H13ClO.C2H6/c1-12(17)15(16,13-8-4-2-5-9-13)14-10-6-3-7-11-14;1-2/h2-11H,1H3;1-2H3. The summed E-state index contributed by atoms with van der Waals surface area (Å²) in [5.41, 5.74) is 1.61. The van der Waals surface area contributed by atoms with Crippen molar-refractivity contribution in [2.45, 2.75) is 25.6 Å². The zero-order valence-electron chi connectivity index (χ0n) is 11.6. The zero-order chi connectivity index (χ0) is 14.3. The lowest BCUT2D eigenvalue weighted by Crippen LogP contribution is -2.29. The predicted octanol–water partition coefficient (Wildman–Crippen LogP) is 4.78. The third-order valence-corrected chi connectivity index (χ3v) is 3.53. The topological polar surface area (TPSA) is 17.1 Å². The van der Waals surface area contributed by atoms with Crippen molar-refractivity contribution in [1.29, 1.82) is 0 Å². The molecule has 0 heterocycles. The van der Waals surface area contributed by atoms with Crippen molar-refractivity contribution >= 4 is 17.4 Å². The van der Waals surface area contributed by atoms with Crippen molar-refractivity contribution in [2.75, 3.05) is 0 Å². The first kappa shape index (κ1) is 15.5. The Morgan fingerprint density at radius 2 is 1.16 bits per heavy atom. The quantitative estimate of drug-likeness (QED) is 0.736. The molecule has 0 fully saturated rings. The summed E-state index contributed by atoms with van der Waals surface area (Å²) < 4.78 is 0. The second-order valence-corrected chi connectivity index (χ2v) is 4.51. The van der Waals surface area contributed by atoms with Crippen LogP contribution in [0.4, 0.5) is 0 Å². The SMILES string of the molecule is CC.CC(=O)C(Cl)(c1ccccc1)c1ccccc1. The smallest absolute Gasteiger partial charge is 0.159 e. The van der Waals surface area contributed by atoms with Gasteiger partial charge >= 0.3 is 0 Å². The molecule has 19 heavy (non-hydrogen) atoms. The van der Waals surface area contributed by atoms with E-state index in [2.05, 4.69) is 0 Å². The summed E-state index contributed by atoms with van der Waals surface area (Å²) in [6.45, 7) is 5.52. The van der Waals surface area contributed by atoms with Crippen LogP contribution in [0.3, 0.4) is 0 Å². The van der Waals surface area contributed by atoms with Crippen molar-refractivity contribution in [2.24, 2.45) is 0 Å². The van der Waals surface area contributed by atoms with Crippen molar-refractivity contribution in [3.63, 3.8) is 0 Å². The molecule has 0 radical (unpaired) electrons. The van der Waals surface area contributed by atoms with Crippen LogP contribution >= 0.6 is 11.6 Å². The third kappa shape index (κ3) is 3.24. The van der Waals surface area contributed by atoms with Crippen LogP contribution in [-0.4, -0.2) is 5.78 Å². The highest BCUT2D eigenvalue weighted by Crippen LogP contribution is 2.37. The largest absolute Gasteiger partial charge is 0.297 e. The van der Waals surface area contributed by atoms with Gasteiger partial charge < -0.3 is 0 Å². The molecule has 2 heteroatoms. The van der Waals surface area contributed by atoms with E-state index in [1.807, 2.05) is 74.5 Å². The van der Waals surface area contributed by atoms with Gasteiger partial charge in [-0.2, -0.15) is 0 Å². The molecule has 2 aromatic carbocycles. The molecule has 0 aliphatic rings. The fraction of sp³-hybridized carbons (Fsp3) is 0.235. The highest BCUT2D eigenvalue weighted by molar-refractivity contribution is 6.37. The lowest BCUT2D eigenvalue weighted by Gasteiger charge is -2.25. The summed E-state index contributed by atoms with van der Waals surface area (Å²) in [6.07, 6.45) is 0. The average Bonchev–Trinajstić information content (AvgIpc) is 2.50. The molecule has 2 aromatic rings.